The van der Waals surface area contributed by atoms with Gasteiger partial charge in [0.05, 0.1) is 10.0 Å². The predicted molar refractivity (Wildman–Crippen MR) is 83.3 cm³/mol. The van der Waals surface area contributed by atoms with Crippen molar-refractivity contribution in [3.05, 3.63) is 56.2 Å². The highest BCUT2D eigenvalue weighted by Crippen LogP contribution is 2.37. The zero-order chi connectivity index (χ0) is 14.0. The Hall–Kier alpha value is -0.290. The molecular formula is C13H7Br2Cl2FO. The van der Waals surface area contributed by atoms with E-state index in [2.05, 4.69) is 31.9 Å². The minimum atomic E-state index is -0.318. The van der Waals surface area contributed by atoms with Gasteiger partial charge < -0.3 is 4.74 Å². The molecule has 0 spiro atoms. The number of ether oxygens (including phenoxy) is 1. The number of alkyl halides is 1. The molecule has 0 N–H and O–H groups in total. The van der Waals surface area contributed by atoms with Crippen molar-refractivity contribution in [2.45, 2.75) is 5.33 Å². The van der Waals surface area contributed by atoms with Crippen LogP contribution in [0.25, 0.3) is 0 Å². The molecular weight excluding hydrogens is 422 g/mol. The van der Waals surface area contributed by atoms with E-state index >= 15 is 0 Å². The van der Waals surface area contributed by atoms with Crippen LogP contribution in [0.4, 0.5) is 4.39 Å². The second kappa shape index (κ2) is 6.44. The van der Waals surface area contributed by atoms with Crippen LogP contribution in [0.15, 0.2) is 34.8 Å². The lowest BCUT2D eigenvalue weighted by atomic mass is 10.2. The first-order valence-electron chi connectivity index (χ1n) is 5.18. The maximum atomic E-state index is 13.1. The largest absolute Gasteiger partial charge is 0.455 e. The van der Waals surface area contributed by atoms with E-state index in [-0.39, 0.29) is 5.82 Å². The van der Waals surface area contributed by atoms with Crippen molar-refractivity contribution >= 4 is 55.1 Å². The molecule has 0 fully saturated rings. The SMILES string of the molecule is Fc1ccc(Oc2cc(Cl)c(Br)cc2Cl)c(CBr)c1. The summed E-state index contributed by atoms with van der Waals surface area (Å²) < 4.78 is 19.5. The molecule has 0 saturated carbocycles. The summed E-state index contributed by atoms with van der Waals surface area (Å²) in [5.74, 6) is 0.629. The summed E-state index contributed by atoms with van der Waals surface area (Å²) in [6.45, 7) is 0. The van der Waals surface area contributed by atoms with Crippen LogP contribution in [0.2, 0.25) is 10.0 Å². The second-order valence-corrected chi connectivity index (χ2v) is 5.91. The van der Waals surface area contributed by atoms with Crippen molar-refractivity contribution in [1.82, 2.24) is 0 Å². The van der Waals surface area contributed by atoms with E-state index in [0.29, 0.717) is 36.9 Å². The van der Waals surface area contributed by atoms with Gasteiger partial charge in [-0.3, -0.25) is 0 Å². The maximum absolute atomic E-state index is 13.1. The smallest absolute Gasteiger partial charge is 0.147 e. The van der Waals surface area contributed by atoms with E-state index in [0.717, 1.165) is 0 Å². The Morgan fingerprint density at radius 1 is 1.05 bits per heavy atom. The Balaban J connectivity index is 2.39. The maximum Gasteiger partial charge on any atom is 0.147 e. The molecule has 0 aliphatic heterocycles. The molecule has 0 heterocycles. The van der Waals surface area contributed by atoms with E-state index in [1.165, 1.54) is 12.1 Å². The van der Waals surface area contributed by atoms with Crippen molar-refractivity contribution in [1.29, 1.82) is 0 Å². The summed E-state index contributed by atoms with van der Waals surface area (Å²) in [6.07, 6.45) is 0. The second-order valence-electron chi connectivity index (χ2n) is 3.68. The van der Waals surface area contributed by atoms with Gasteiger partial charge in [-0.2, -0.15) is 0 Å². The lowest BCUT2D eigenvalue weighted by Gasteiger charge is -2.12. The molecule has 2 rings (SSSR count). The lowest BCUT2D eigenvalue weighted by Crippen LogP contribution is -1.92. The minimum absolute atomic E-state index is 0.318. The van der Waals surface area contributed by atoms with Gasteiger partial charge in [0.1, 0.15) is 17.3 Å². The first-order valence-corrected chi connectivity index (χ1v) is 7.85. The first kappa shape index (κ1) is 15.1. The van der Waals surface area contributed by atoms with Gasteiger partial charge in [0.2, 0.25) is 0 Å². The molecule has 0 atom stereocenters. The summed E-state index contributed by atoms with van der Waals surface area (Å²) in [4.78, 5) is 0. The predicted octanol–water partition coefficient (Wildman–Crippen LogP) is 6.58. The van der Waals surface area contributed by atoms with Crippen molar-refractivity contribution in [2.75, 3.05) is 0 Å². The molecule has 1 nitrogen and oxygen atoms in total. The normalized spacial score (nSPS) is 10.6. The Labute approximate surface area is 136 Å². The molecule has 19 heavy (non-hydrogen) atoms. The molecule has 2 aromatic carbocycles. The van der Waals surface area contributed by atoms with Crippen molar-refractivity contribution in [3.63, 3.8) is 0 Å². The van der Waals surface area contributed by atoms with E-state index in [1.54, 1.807) is 18.2 Å². The third kappa shape index (κ3) is 3.63. The summed E-state index contributed by atoms with van der Waals surface area (Å²) in [7, 11) is 0. The fraction of sp³-hybridized carbons (Fsp3) is 0.0769. The fourth-order valence-electron chi connectivity index (χ4n) is 1.45. The molecule has 0 unspecified atom stereocenters. The van der Waals surface area contributed by atoms with Crippen molar-refractivity contribution in [3.8, 4) is 11.5 Å². The monoisotopic (exact) mass is 426 g/mol. The van der Waals surface area contributed by atoms with E-state index in [1.807, 2.05) is 0 Å². The molecule has 0 aliphatic rings. The number of hydrogen-bond donors (Lipinski definition) is 0. The number of halogens is 5. The molecule has 0 aliphatic carbocycles. The number of rotatable bonds is 3. The van der Waals surface area contributed by atoms with E-state index < -0.39 is 0 Å². The van der Waals surface area contributed by atoms with Crippen molar-refractivity contribution in [2.24, 2.45) is 0 Å². The van der Waals surface area contributed by atoms with Crippen LogP contribution in [0.5, 0.6) is 11.5 Å². The van der Waals surface area contributed by atoms with Crippen LogP contribution in [-0.4, -0.2) is 0 Å². The van der Waals surface area contributed by atoms with Crippen LogP contribution in [0.1, 0.15) is 5.56 Å². The molecule has 6 heteroatoms. The average Bonchev–Trinajstić information content (AvgIpc) is 2.37. The van der Waals surface area contributed by atoms with Gasteiger partial charge in [-0.15, -0.1) is 0 Å². The van der Waals surface area contributed by atoms with Gasteiger partial charge in [-0.1, -0.05) is 39.1 Å². The molecule has 0 aromatic heterocycles. The topological polar surface area (TPSA) is 9.23 Å². The molecule has 0 saturated heterocycles. The molecule has 0 radical (unpaired) electrons. The number of hydrogen-bond acceptors (Lipinski definition) is 1. The van der Waals surface area contributed by atoms with E-state index in [9.17, 15) is 4.39 Å². The Kier molecular flexibility index (Phi) is 5.12. The first-order chi connectivity index (χ1) is 9.01. The lowest BCUT2D eigenvalue weighted by molar-refractivity contribution is 0.476. The van der Waals surface area contributed by atoms with Gasteiger partial charge >= 0.3 is 0 Å². The number of benzene rings is 2. The summed E-state index contributed by atoms with van der Waals surface area (Å²) >= 11 is 18.6. The highest BCUT2D eigenvalue weighted by Gasteiger charge is 2.11. The van der Waals surface area contributed by atoms with Gasteiger partial charge in [-0.25, -0.2) is 4.39 Å². The summed E-state index contributed by atoms with van der Waals surface area (Å²) in [6, 6.07) is 7.54. The van der Waals surface area contributed by atoms with Crippen molar-refractivity contribution < 1.29 is 9.13 Å². The minimum Gasteiger partial charge on any atom is -0.455 e. The summed E-state index contributed by atoms with van der Waals surface area (Å²) in [5, 5.41) is 1.38. The summed E-state index contributed by atoms with van der Waals surface area (Å²) in [5.41, 5.74) is 0.690. The highest BCUT2D eigenvalue weighted by atomic mass is 79.9. The van der Waals surface area contributed by atoms with Gasteiger partial charge in [0.15, 0.2) is 0 Å². The quantitative estimate of drug-likeness (QED) is 0.396. The highest BCUT2D eigenvalue weighted by molar-refractivity contribution is 9.10. The molecule has 100 valence electrons. The Morgan fingerprint density at radius 3 is 2.47 bits per heavy atom. The standard InChI is InChI=1S/C13H7Br2Cl2FO/c14-6-7-3-8(18)1-2-12(7)19-13-5-10(16)9(15)4-11(13)17/h1-5H,6H2. The Bertz CT molecular complexity index is 620. The van der Waals surface area contributed by atoms with Gasteiger partial charge in [0, 0.05) is 21.4 Å². The third-order valence-corrected chi connectivity index (χ3v) is 4.46. The van der Waals surface area contributed by atoms with Crippen LogP contribution in [0.3, 0.4) is 0 Å². The fourth-order valence-corrected chi connectivity index (χ4v) is 2.72. The van der Waals surface area contributed by atoms with Crippen LogP contribution in [0, 0.1) is 5.82 Å². The third-order valence-electron chi connectivity index (χ3n) is 2.36. The van der Waals surface area contributed by atoms with Gasteiger partial charge in [-0.05, 0) is 40.2 Å². The molecule has 0 bridgehead atoms. The molecule has 2 aromatic rings. The van der Waals surface area contributed by atoms with E-state index in [4.69, 9.17) is 27.9 Å². The zero-order valence-electron chi connectivity index (χ0n) is 9.39. The van der Waals surface area contributed by atoms with Crippen LogP contribution in [-0.2, 0) is 5.33 Å². The van der Waals surface area contributed by atoms with Crippen LogP contribution < -0.4 is 4.74 Å². The Morgan fingerprint density at radius 2 is 1.79 bits per heavy atom. The average molecular weight is 429 g/mol. The van der Waals surface area contributed by atoms with Gasteiger partial charge in [0.25, 0.3) is 0 Å². The molecule has 0 amide bonds. The van der Waals surface area contributed by atoms with Crippen LogP contribution >= 0.6 is 55.1 Å². The zero-order valence-corrected chi connectivity index (χ0v) is 14.1.